The van der Waals surface area contributed by atoms with Gasteiger partial charge in [-0.3, -0.25) is 0 Å². The molecule has 2 saturated heterocycles. The Morgan fingerprint density at radius 2 is 1.96 bits per heavy atom. The smallest absolute Gasteiger partial charge is 0.141 e. The van der Waals surface area contributed by atoms with Gasteiger partial charge in [-0.1, -0.05) is 0 Å². The summed E-state index contributed by atoms with van der Waals surface area (Å²) in [5.74, 6) is 1.95. The molecule has 5 nitrogen and oxygen atoms in total. The Morgan fingerprint density at radius 3 is 2.70 bits per heavy atom. The molecule has 2 aliphatic heterocycles. The highest BCUT2D eigenvalue weighted by Gasteiger charge is 2.24. The highest BCUT2D eigenvalue weighted by Crippen LogP contribution is 2.35. The number of hydrogen-bond donors (Lipinski definition) is 1. The van der Waals surface area contributed by atoms with Crippen LogP contribution in [0.2, 0.25) is 0 Å². The van der Waals surface area contributed by atoms with Crippen LogP contribution < -0.4 is 10.2 Å². The van der Waals surface area contributed by atoms with Gasteiger partial charge in [0.2, 0.25) is 0 Å². The Bertz CT molecular complexity index is 765. The minimum Gasteiger partial charge on any atom is -0.356 e. The maximum absolute atomic E-state index is 4.66. The summed E-state index contributed by atoms with van der Waals surface area (Å²) in [7, 11) is 2.27. The molecular formula is C21H33N5S. The first-order valence-corrected chi connectivity index (χ1v) is 11.3. The lowest BCUT2D eigenvalue weighted by Gasteiger charge is -2.33. The van der Waals surface area contributed by atoms with E-state index in [1.807, 2.05) is 0 Å². The highest BCUT2D eigenvalue weighted by atomic mass is 32.1. The molecule has 6 heteroatoms. The van der Waals surface area contributed by atoms with E-state index in [-0.39, 0.29) is 0 Å². The van der Waals surface area contributed by atoms with E-state index in [0.717, 1.165) is 42.2 Å². The number of nitrogens with one attached hydrogen (secondary N) is 1. The number of piperidine rings is 1. The molecule has 1 unspecified atom stereocenters. The van der Waals surface area contributed by atoms with E-state index in [9.17, 15) is 0 Å². The van der Waals surface area contributed by atoms with Crippen LogP contribution in [0.25, 0.3) is 10.2 Å². The first-order valence-electron chi connectivity index (χ1n) is 10.5. The number of rotatable bonds is 6. The zero-order valence-corrected chi connectivity index (χ0v) is 17.8. The summed E-state index contributed by atoms with van der Waals surface area (Å²) in [4.78, 5) is 16.6. The van der Waals surface area contributed by atoms with Gasteiger partial charge in [0.25, 0.3) is 0 Å². The molecule has 0 saturated carbocycles. The van der Waals surface area contributed by atoms with Crippen LogP contribution in [0.15, 0.2) is 6.33 Å². The molecule has 4 rings (SSSR count). The Labute approximate surface area is 167 Å². The second kappa shape index (κ2) is 8.41. The van der Waals surface area contributed by atoms with Gasteiger partial charge in [-0.25, -0.2) is 9.97 Å². The monoisotopic (exact) mass is 387 g/mol. The zero-order valence-electron chi connectivity index (χ0n) is 17.0. The first kappa shape index (κ1) is 19.1. The molecule has 2 aromatic rings. The predicted octanol–water partition coefficient (Wildman–Crippen LogP) is 3.60. The number of aromatic nitrogens is 2. The second-order valence-electron chi connectivity index (χ2n) is 8.36. The van der Waals surface area contributed by atoms with Gasteiger partial charge in [0, 0.05) is 24.0 Å². The van der Waals surface area contributed by atoms with Crippen molar-refractivity contribution < 1.29 is 0 Å². The van der Waals surface area contributed by atoms with Gasteiger partial charge in [0.1, 0.15) is 17.0 Å². The molecule has 2 aromatic heterocycles. The van der Waals surface area contributed by atoms with Crippen LogP contribution in [0, 0.1) is 19.8 Å². The number of hydrogen-bond acceptors (Lipinski definition) is 6. The van der Waals surface area contributed by atoms with Crippen LogP contribution >= 0.6 is 11.3 Å². The van der Waals surface area contributed by atoms with E-state index < -0.39 is 0 Å². The number of anilines is 1. The van der Waals surface area contributed by atoms with Crippen molar-refractivity contribution in [2.24, 2.45) is 5.92 Å². The van der Waals surface area contributed by atoms with Gasteiger partial charge in [-0.15, -0.1) is 11.3 Å². The molecule has 0 amide bonds. The van der Waals surface area contributed by atoms with Gasteiger partial charge >= 0.3 is 0 Å². The van der Waals surface area contributed by atoms with Crippen LogP contribution in [0.1, 0.15) is 42.5 Å². The fourth-order valence-electron chi connectivity index (χ4n) is 4.67. The van der Waals surface area contributed by atoms with Crippen molar-refractivity contribution >= 4 is 27.4 Å². The van der Waals surface area contributed by atoms with Crippen LogP contribution in [-0.4, -0.2) is 60.7 Å². The third-order valence-corrected chi connectivity index (χ3v) is 7.73. The van der Waals surface area contributed by atoms with Crippen molar-refractivity contribution in [2.45, 2.75) is 52.0 Å². The molecular weight excluding hydrogens is 354 g/mol. The summed E-state index contributed by atoms with van der Waals surface area (Å²) in [5.41, 5.74) is 1.35. The molecule has 0 radical (unpaired) electrons. The maximum atomic E-state index is 4.66. The third-order valence-electron chi connectivity index (χ3n) is 6.62. The minimum absolute atomic E-state index is 0.796. The molecule has 0 bridgehead atoms. The number of fused-ring (bicyclic) bond motifs is 1. The lowest BCUT2D eigenvalue weighted by atomic mass is 9.96. The molecule has 0 aliphatic carbocycles. The zero-order chi connectivity index (χ0) is 18.8. The minimum atomic E-state index is 0.796. The molecule has 27 heavy (non-hydrogen) atoms. The van der Waals surface area contributed by atoms with Crippen molar-refractivity contribution in [3.8, 4) is 0 Å². The SMILES string of the molecule is Cc1sc2ncnc(N3CCC(CNCCC4CCCN4C)CC3)c2c1C. The molecule has 0 aromatic carbocycles. The maximum Gasteiger partial charge on any atom is 0.141 e. The quantitative estimate of drug-likeness (QED) is 0.767. The van der Waals surface area contributed by atoms with Crippen molar-refractivity contribution in [3.05, 3.63) is 16.8 Å². The number of nitrogens with zero attached hydrogens (tertiary/aromatic N) is 4. The van der Waals surface area contributed by atoms with Gasteiger partial charge in [0.05, 0.1) is 5.39 Å². The Kier molecular flexibility index (Phi) is 5.95. The topological polar surface area (TPSA) is 44.3 Å². The Hall–Kier alpha value is -1.24. The van der Waals surface area contributed by atoms with E-state index >= 15 is 0 Å². The fraction of sp³-hybridized carbons (Fsp3) is 0.714. The molecule has 148 valence electrons. The van der Waals surface area contributed by atoms with E-state index in [1.54, 1.807) is 17.7 Å². The number of likely N-dealkylation sites (tertiary alicyclic amines) is 1. The lowest BCUT2D eigenvalue weighted by molar-refractivity contribution is 0.289. The Morgan fingerprint density at radius 1 is 1.15 bits per heavy atom. The van der Waals surface area contributed by atoms with Gasteiger partial charge in [0.15, 0.2) is 0 Å². The summed E-state index contributed by atoms with van der Waals surface area (Å²) in [6, 6.07) is 0.803. The van der Waals surface area contributed by atoms with Crippen LogP contribution in [-0.2, 0) is 0 Å². The largest absolute Gasteiger partial charge is 0.356 e. The molecule has 2 aliphatic rings. The summed E-state index contributed by atoms with van der Waals surface area (Å²) >= 11 is 1.79. The van der Waals surface area contributed by atoms with Crippen LogP contribution in [0.3, 0.4) is 0 Å². The van der Waals surface area contributed by atoms with Gasteiger partial charge in [-0.2, -0.15) is 0 Å². The normalized spacial score (nSPS) is 22.2. The fourth-order valence-corrected chi connectivity index (χ4v) is 5.66. The summed E-state index contributed by atoms with van der Waals surface area (Å²) in [6.07, 6.45) is 8.30. The molecule has 1 atom stereocenters. The van der Waals surface area contributed by atoms with E-state index in [4.69, 9.17) is 0 Å². The Balaban J connectivity index is 1.27. The molecule has 2 fully saturated rings. The van der Waals surface area contributed by atoms with Gasteiger partial charge < -0.3 is 15.1 Å². The number of thiophene rings is 1. The van der Waals surface area contributed by atoms with E-state index in [2.05, 4.69) is 46.0 Å². The standard InChI is InChI=1S/C21H33N5S/c1-15-16(2)27-21-19(15)20(23-14-24-21)26-11-7-17(8-12-26)13-22-9-6-18-5-4-10-25(18)3/h14,17-18,22H,4-13H2,1-3H3. The molecule has 4 heterocycles. The molecule has 1 N–H and O–H groups in total. The van der Waals surface area contributed by atoms with Crippen molar-refractivity contribution in [1.29, 1.82) is 0 Å². The highest BCUT2D eigenvalue weighted by molar-refractivity contribution is 7.18. The first-order chi connectivity index (χ1) is 13.1. The van der Waals surface area contributed by atoms with Crippen molar-refractivity contribution in [3.63, 3.8) is 0 Å². The predicted molar refractivity (Wildman–Crippen MR) is 115 cm³/mol. The second-order valence-corrected chi connectivity index (χ2v) is 9.56. The number of aryl methyl sites for hydroxylation is 2. The average Bonchev–Trinajstić information content (AvgIpc) is 3.22. The summed E-state index contributed by atoms with van der Waals surface area (Å²) in [5, 5.41) is 5.01. The van der Waals surface area contributed by atoms with Crippen LogP contribution in [0.4, 0.5) is 5.82 Å². The van der Waals surface area contributed by atoms with E-state index in [1.165, 1.54) is 61.0 Å². The van der Waals surface area contributed by atoms with Crippen molar-refractivity contribution in [2.75, 3.05) is 44.7 Å². The lowest BCUT2D eigenvalue weighted by Crippen LogP contribution is -2.38. The van der Waals surface area contributed by atoms with Crippen LogP contribution in [0.5, 0.6) is 0 Å². The van der Waals surface area contributed by atoms with E-state index in [0.29, 0.717) is 0 Å². The third kappa shape index (κ3) is 4.13. The summed E-state index contributed by atoms with van der Waals surface area (Å²) < 4.78 is 0. The molecule has 0 spiro atoms. The van der Waals surface area contributed by atoms with Crippen molar-refractivity contribution in [1.82, 2.24) is 20.2 Å². The average molecular weight is 388 g/mol. The summed E-state index contributed by atoms with van der Waals surface area (Å²) in [6.45, 7) is 10.2. The van der Waals surface area contributed by atoms with Gasteiger partial charge in [-0.05, 0) is 84.1 Å².